The molecule has 150 valence electrons. The number of aliphatic imine (C=N–C) groups is 1. The highest BCUT2D eigenvalue weighted by atomic mass is 127. The summed E-state index contributed by atoms with van der Waals surface area (Å²) < 4.78 is 29.8. The topological polar surface area (TPSA) is 68.0 Å². The van der Waals surface area contributed by atoms with Gasteiger partial charge < -0.3 is 24.5 Å². The predicted octanol–water partition coefficient (Wildman–Crippen LogP) is 4.70. The molecule has 0 radical (unpaired) electrons. The van der Waals surface area contributed by atoms with Crippen LogP contribution < -0.4 is 20.1 Å². The molecule has 3 aromatic rings. The van der Waals surface area contributed by atoms with E-state index in [1.165, 1.54) is 12.1 Å². The summed E-state index contributed by atoms with van der Waals surface area (Å²) in [6, 6.07) is 10.0. The van der Waals surface area contributed by atoms with Gasteiger partial charge in [0.2, 0.25) is 0 Å². The first-order valence-corrected chi connectivity index (χ1v) is 8.43. The Morgan fingerprint density at radius 1 is 1.11 bits per heavy atom. The van der Waals surface area contributed by atoms with Gasteiger partial charge in [-0.1, -0.05) is 0 Å². The molecule has 1 aromatic heterocycles. The van der Waals surface area contributed by atoms with Crippen molar-refractivity contribution >= 4 is 46.6 Å². The number of ether oxygens (including phenoxy) is 2. The van der Waals surface area contributed by atoms with Crippen molar-refractivity contribution in [1.29, 1.82) is 0 Å². The molecule has 8 heteroatoms. The first-order valence-electron chi connectivity index (χ1n) is 8.43. The van der Waals surface area contributed by atoms with Crippen molar-refractivity contribution in [2.45, 2.75) is 13.5 Å². The van der Waals surface area contributed by atoms with Crippen LogP contribution in [0.2, 0.25) is 0 Å². The highest BCUT2D eigenvalue weighted by molar-refractivity contribution is 14.0. The molecule has 0 saturated heterocycles. The van der Waals surface area contributed by atoms with E-state index in [9.17, 15) is 4.39 Å². The van der Waals surface area contributed by atoms with E-state index < -0.39 is 0 Å². The van der Waals surface area contributed by atoms with Crippen LogP contribution in [0.5, 0.6) is 11.5 Å². The third-order valence-electron chi connectivity index (χ3n) is 4.28. The number of halogens is 2. The molecule has 28 heavy (non-hydrogen) atoms. The Kier molecular flexibility index (Phi) is 7.50. The van der Waals surface area contributed by atoms with Gasteiger partial charge in [-0.25, -0.2) is 4.39 Å². The minimum absolute atomic E-state index is 0. The number of fused-ring (bicyclic) bond motifs is 1. The van der Waals surface area contributed by atoms with E-state index in [4.69, 9.17) is 13.9 Å². The van der Waals surface area contributed by atoms with Gasteiger partial charge in [-0.05, 0) is 37.3 Å². The summed E-state index contributed by atoms with van der Waals surface area (Å²) in [4.78, 5) is 4.21. The van der Waals surface area contributed by atoms with Crippen LogP contribution in [0.15, 0.2) is 45.8 Å². The summed E-state index contributed by atoms with van der Waals surface area (Å²) in [5, 5.41) is 7.16. The first kappa shape index (κ1) is 21.8. The number of nitrogens with one attached hydrogen (secondary N) is 2. The number of furan rings is 1. The largest absolute Gasteiger partial charge is 0.493 e. The fourth-order valence-electron chi connectivity index (χ4n) is 2.81. The number of anilines is 1. The molecule has 0 spiro atoms. The molecular formula is C20H23FIN3O3. The minimum atomic E-state index is -0.281. The Morgan fingerprint density at radius 2 is 1.86 bits per heavy atom. The molecule has 0 fully saturated rings. The Balaban J connectivity index is 0.00000280. The van der Waals surface area contributed by atoms with Gasteiger partial charge in [-0.15, -0.1) is 24.0 Å². The van der Waals surface area contributed by atoms with Crippen molar-refractivity contribution in [2.75, 3.05) is 26.6 Å². The van der Waals surface area contributed by atoms with Crippen molar-refractivity contribution in [3.05, 3.63) is 53.5 Å². The molecule has 2 N–H and O–H groups in total. The molecule has 0 aliphatic rings. The maximum atomic E-state index is 13.4. The average molecular weight is 499 g/mol. The summed E-state index contributed by atoms with van der Waals surface area (Å²) >= 11 is 0. The van der Waals surface area contributed by atoms with E-state index in [0.29, 0.717) is 29.6 Å². The number of aryl methyl sites for hydroxylation is 1. The SMILES string of the molecule is CN=C(NCc1oc2ccc(F)cc2c1C)Nc1ccc(OC)c(OC)c1.I. The zero-order valence-electron chi connectivity index (χ0n) is 16.1. The van der Waals surface area contributed by atoms with Crippen molar-refractivity contribution in [3.8, 4) is 11.5 Å². The number of hydrogen-bond donors (Lipinski definition) is 2. The van der Waals surface area contributed by atoms with Crippen LogP contribution in [-0.2, 0) is 6.54 Å². The number of rotatable bonds is 5. The molecule has 1 heterocycles. The highest BCUT2D eigenvalue weighted by Crippen LogP contribution is 2.30. The summed E-state index contributed by atoms with van der Waals surface area (Å²) in [6.07, 6.45) is 0. The lowest BCUT2D eigenvalue weighted by atomic mass is 10.1. The van der Waals surface area contributed by atoms with Gasteiger partial charge >= 0.3 is 0 Å². The van der Waals surface area contributed by atoms with Gasteiger partial charge in [0.15, 0.2) is 17.5 Å². The lowest BCUT2D eigenvalue weighted by Gasteiger charge is -2.13. The summed E-state index contributed by atoms with van der Waals surface area (Å²) in [6.45, 7) is 2.32. The smallest absolute Gasteiger partial charge is 0.195 e. The molecule has 3 rings (SSSR count). The van der Waals surface area contributed by atoms with E-state index in [-0.39, 0.29) is 29.8 Å². The molecule has 0 aliphatic carbocycles. The zero-order valence-corrected chi connectivity index (χ0v) is 18.5. The van der Waals surface area contributed by atoms with Crippen LogP contribution in [0.25, 0.3) is 11.0 Å². The van der Waals surface area contributed by atoms with Crippen LogP contribution in [-0.4, -0.2) is 27.2 Å². The minimum Gasteiger partial charge on any atom is -0.493 e. The molecule has 2 aromatic carbocycles. The number of methoxy groups -OCH3 is 2. The Hall–Kier alpha value is -2.49. The number of hydrogen-bond acceptors (Lipinski definition) is 4. The second-order valence-electron chi connectivity index (χ2n) is 5.91. The van der Waals surface area contributed by atoms with E-state index in [2.05, 4.69) is 15.6 Å². The zero-order chi connectivity index (χ0) is 19.4. The van der Waals surface area contributed by atoms with Crippen LogP contribution in [0.3, 0.4) is 0 Å². The number of nitrogens with zero attached hydrogens (tertiary/aromatic N) is 1. The van der Waals surface area contributed by atoms with Gasteiger partial charge in [0.25, 0.3) is 0 Å². The van der Waals surface area contributed by atoms with Crippen molar-refractivity contribution in [2.24, 2.45) is 4.99 Å². The van der Waals surface area contributed by atoms with Gasteiger partial charge in [-0.2, -0.15) is 0 Å². The van der Waals surface area contributed by atoms with E-state index in [0.717, 1.165) is 22.4 Å². The highest BCUT2D eigenvalue weighted by Gasteiger charge is 2.12. The third-order valence-corrected chi connectivity index (χ3v) is 4.28. The second kappa shape index (κ2) is 9.63. The first-order chi connectivity index (χ1) is 13.0. The lowest BCUT2D eigenvalue weighted by molar-refractivity contribution is 0.355. The van der Waals surface area contributed by atoms with Crippen molar-refractivity contribution in [1.82, 2.24) is 5.32 Å². The van der Waals surface area contributed by atoms with E-state index in [1.807, 2.05) is 25.1 Å². The summed E-state index contributed by atoms with van der Waals surface area (Å²) in [5.41, 5.74) is 2.36. The molecule has 0 aliphatic heterocycles. The third kappa shape index (κ3) is 4.67. The Bertz CT molecular complexity index is 988. The van der Waals surface area contributed by atoms with E-state index in [1.54, 1.807) is 27.3 Å². The molecule has 0 unspecified atom stereocenters. The van der Waals surface area contributed by atoms with E-state index >= 15 is 0 Å². The molecule has 0 amide bonds. The number of benzene rings is 2. The van der Waals surface area contributed by atoms with Crippen LogP contribution in [0.4, 0.5) is 10.1 Å². The number of guanidine groups is 1. The standard InChI is InChI=1S/C20H22FN3O3.HI/c1-12-15-9-13(21)5-7-16(15)27-19(12)11-23-20(22-2)24-14-6-8-17(25-3)18(10-14)26-4;/h5-10H,11H2,1-4H3,(H2,22,23,24);1H. The fourth-order valence-corrected chi connectivity index (χ4v) is 2.81. The van der Waals surface area contributed by atoms with Crippen LogP contribution in [0.1, 0.15) is 11.3 Å². The second-order valence-corrected chi connectivity index (χ2v) is 5.91. The van der Waals surface area contributed by atoms with Crippen LogP contribution in [0, 0.1) is 12.7 Å². The van der Waals surface area contributed by atoms with Gasteiger partial charge in [0.05, 0.1) is 20.8 Å². The monoisotopic (exact) mass is 499 g/mol. The normalized spacial score (nSPS) is 11.1. The molecular weight excluding hydrogens is 476 g/mol. The maximum Gasteiger partial charge on any atom is 0.195 e. The van der Waals surface area contributed by atoms with Gasteiger partial charge in [-0.3, -0.25) is 4.99 Å². The predicted molar refractivity (Wildman–Crippen MR) is 120 cm³/mol. The fraction of sp³-hybridized carbons (Fsp3) is 0.250. The maximum absolute atomic E-state index is 13.4. The van der Waals surface area contributed by atoms with Crippen LogP contribution >= 0.6 is 24.0 Å². The quantitative estimate of drug-likeness (QED) is 0.303. The van der Waals surface area contributed by atoms with Crippen molar-refractivity contribution < 1.29 is 18.3 Å². The Morgan fingerprint density at radius 3 is 2.54 bits per heavy atom. The average Bonchev–Trinajstić information content (AvgIpc) is 3.00. The molecule has 6 nitrogen and oxygen atoms in total. The van der Waals surface area contributed by atoms with Crippen molar-refractivity contribution in [3.63, 3.8) is 0 Å². The van der Waals surface area contributed by atoms with Gasteiger partial charge in [0, 0.05) is 29.8 Å². The van der Waals surface area contributed by atoms with Gasteiger partial charge in [0.1, 0.15) is 17.2 Å². The molecule has 0 saturated carbocycles. The molecule has 0 bridgehead atoms. The summed E-state index contributed by atoms with van der Waals surface area (Å²) in [5.74, 6) is 2.28. The summed E-state index contributed by atoms with van der Waals surface area (Å²) in [7, 11) is 4.85. The Labute approximate surface area is 180 Å². The molecule has 0 atom stereocenters. The lowest BCUT2D eigenvalue weighted by Crippen LogP contribution is -2.30.